The first-order chi connectivity index (χ1) is 12.7. The van der Waals surface area contributed by atoms with E-state index in [0.29, 0.717) is 18.3 Å². The van der Waals surface area contributed by atoms with Gasteiger partial charge < -0.3 is 15.2 Å². The molecule has 9 heteroatoms. The molecule has 4 aromatic rings. The summed E-state index contributed by atoms with van der Waals surface area (Å²) in [4.78, 5) is 11.2. The van der Waals surface area contributed by atoms with E-state index in [1.165, 1.54) is 0 Å². The van der Waals surface area contributed by atoms with Crippen molar-refractivity contribution in [3.63, 3.8) is 0 Å². The molecule has 1 aromatic carbocycles. The molecule has 4 heterocycles. The van der Waals surface area contributed by atoms with Crippen LogP contribution in [-0.2, 0) is 20.1 Å². The van der Waals surface area contributed by atoms with E-state index >= 15 is 0 Å². The molecule has 0 atom stereocenters. The molecule has 0 bridgehead atoms. The van der Waals surface area contributed by atoms with Gasteiger partial charge in [-0.3, -0.25) is 4.68 Å². The minimum absolute atomic E-state index is 0.440. The lowest BCUT2D eigenvalue weighted by Crippen LogP contribution is -2.35. The molecule has 0 saturated carbocycles. The van der Waals surface area contributed by atoms with Gasteiger partial charge in [0.1, 0.15) is 5.82 Å². The fourth-order valence-electron chi connectivity index (χ4n) is 3.30. The lowest BCUT2D eigenvalue weighted by molar-refractivity contribution is 0.555. The molecule has 0 radical (unpaired) electrons. The number of benzene rings is 1. The molecule has 0 spiro atoms. The SMILES string of the molecule is Cn1ncc2c(N)nc(N3CCn4c(nnc4-c4ccccc4)C3)nc21. The van der Waals surface area contributed by atoms with Gasteiger partial charge in [0, 0.05) is 25.7 Å². The van der Waals surface area contributed by atoms with Crippen LogP contribution in [0.25, 0.3) is 22.4 Å². The Labute approximate surface area is 149 Å². The molecule has 26 heavy (non-hydrogen) atoms. The van der Waals surface area contributed by atoms with E-state index < -0.39 is 0 Å². The van der Waals surface area contributed by atoms with Crippen LogP contribution >= 0.6 is 0 Å². The van der Waals surface area contributed by atoms with Gasteiger partial charge in [-0.2, -0.15) is 15.1 Å². The van der Waals surface area contributed by atoms with E-state index in [0.717, 1.165) is 41.3 Å². The summed E-state index contributed by atoms with van der Waals surface area (Å²) < 4.78 is 3.86. The van der Waals surface area contributed by atoms with E-state index in [4.69, 9.17) is 5.73 Å². The quantitative estimate of drug-likeness (QED) is 0.581. The van der Waals surface area contributed by atoms with E-state index in [9.17, 15) is 0 Å². The summed E-state index contributed by atoms with van der Waals surface area (Å²) in [6, 6.07) is 10.1. The monoisotopic (exact) mass is 347 g/mol. The van der Waals surface area contributed by atoms with Crippen molar-refractivity contribution in [3.05, 3.63) is 42.4 Å². The second-order valence-electron chi connectivity index (χ2n) is 6.29. The van der Waals surface area contributed by atoms with Crippen molar-refractivity contribution in [2.45, 2.75) is 13.1 Å². The first-order valence-corrected chi connectivity index (χ1v) is 8.38. The van der Waals surface area contributed by atoms with E-state index in [1.54, 1.807) is 10.9 Å². The number of anilines is 2. The van der Waals surface area contributed by atoms with Crippen molar-refractivity contribution in [1.82, 2.24) is 34.5 Å². The number of hydrogen-bond donors (Lipinski definition) is 1. The summed E-state index contributed by atoms with van der Waals surface area (Å²) in [5, 5.41) is 13.7. The Morgan fingerprint density at radius 1 is 1.04 bits per heavy atom. The van der Waals surface area contributed by atoms with Gasteiger partial charge in [0.15, 0.2) is 17.3 Å². The smallest absolute Gasteiger partial charge is 0.229 e. The Kier molecular flexibility index (Phi) is 3.14. The Morgan fingerprint density at radius 2 is 1.88 bits per heavy atom. The van der Waals surface area contributed by atoms with E-state index in [1.807, 2.05) is 37.4 Å². The molecule has 2 N–H and O–H groups in total. The van der Waals surface area contributed by atoms with Crippen LogP contribution in [0.2, 0.25) is 0 Å². The van der Waals surface area contributed by atoms with Crippen LogP contribution < -0.4 is 10.6 Å². The number of nitrogen functional groups attached to an aromatic ring is 1. The zero-order chi connectivity index (χ0) is 17.7. The number of fused-ring (bicyclic) bond motifs is 2. The third-order valence-electron chi connectivity index (χ3n) is 4.68. The molecule has 5 rings (SSSR count). The van der Waals surface area contributed by atoms with Gasteiger partial charge in [-0.15, -0.1) is 10.2 Å². The summed E-state index contributed by atoms with van der Waals surface area (Å²) in [6.45, 7) is 2.11. The lowest BCUT2D eigenvalue weighted by atomic mass is 10.2. The Bertz CT molecular complexity index is 1100. The van der Waals surface area contributed by atoms with Crippen molar-refractivity contribution >= 4 is 22.8 Å². The normalized spacial score (nSPS) is 14.0. The number of nitrogens with zero attached hydrogens (tertiary/aromatic N) is 8. The number of aryl methyl sites for hydroxylation is 1. The van der Waals surface area contributed by atoms with Crippen LogP contribution in [0.3, 0.4) is 0 Å². The maximum absolute atomic E-state index is 6.09. The second-order valence-corrected chi connectivity index (χ2v) is 6.29. The highest BCUT2D eigenvalue weighted by Crippen LogP contribution is 2.25. The first-order valence-electron chi connectivity index (χ1n) is 8.38. The highest BCUT2D eigenvalue weighted by atomic mass is 15.4. The predicted octanol–water partition coefficient (Wildman–Crippen LogP) is 1.22. The molecule has 1 aliphatic heterocycles. The van der Waals surface area contributed by atoms with Crippen LogP contribution in [0.1, 0.15) is 5.82 Å². The summed E-state index contributed by atoms with van der Waals surface area (Å²) in [7, 11) is 1.84. The van der Waals surface area contributed by atoms with Crippen molar-refractivity contribution in [2.75, 3.05) is 17.2 Å². The molecule has 0 amide bonds. The zero-order valence-electron chi connectivity index (χ0n) is 14.2. The molecule has 9 nitrogen and oxygen atoms in total. The van der Waals surface area contributed by atoms with Gasteiger partial charge in [-0.05, 0) is 0 Å². The standard InChI is InChI=1S/C17H17N9/c1-24-16-12(9-19-24)14(18)20-17(21-16)25-7-8-26-13(10-25)22-23-15(26)11-5-3-2-4-6-11/h2-6,9H,7-8,10H2,1H3,(H2,18,20,21). The Morgan fingerprint density at radius 3 is 2.73 bits per heavy atom. The molecular formula is C17H17N9. The maximum atomic E-state index is 6.09. The van der Waals surface area contributed by atoms with Gasteiger partial charge in [-0.1, -0.05) is 30.3 Å². The van der Waals surface area contributed by atoms with Crippen LogP contribution in [0.5, 0.6) is 0 Å². The van der Waals surface area contributed by atoms with Crippen molar-refractivity contribution < 1.29 is 0 Å². The van der Waals surface area contributed by atoms with E-state index in [2.05, 4.69) is 34.7 Å². The highest BCUT2D eigenvalue weighted by molar-refractivity contribution is 5.86. The summed E-state index contributed by atoms with van der Waals surface area (Å²) in [5.41, 5.74) is 7.88. The topological polar surface area (TPSA) is 104 Å². The highest BCUT2D eigenvalue weighted by Gasteiger charge is 2.24. The first kappa shape index (κ1) is 14.8. The molecule has 130 valence electrons. The third kappa shape index (κ3) is 2.20. The summed E-state index contributed by atoms with van der Waals surface area (Å²) in [5.74, 6) is 2.81. The zero-order valence-corrected chi connectivity index (χ0v) is 14.2. The molecule has 0 fully saturated rings. The molecular weight excluding hydrogens is 330 g/mol. The minimum Gasteiger partial charge on any atom is -0.383 e. The van der Waals surface area contributed by atoms with Gasteiger partial charge in [-0.25, -0.2) is 0 Å². The molecule has 0 saturated heterocycles. The van der Waals surface area contributed by atoms with Crippen molar-refractivity contribution in [2.24, 2.45) is 7.05 Å². The van der Waals surface area contributed by atoms with E-state index in [-0.39, 0.29) is 0 Å². The lowest BCUT2D eigenvalue weighted by Gasteiger charge is -2.28. The average Bonchev–Trinajstić information content (AvgIpc) is 3.26. The average molecular weight is 347 g/mol. The van der Waals surface area contributed by atoms with Gasteiger partial charge in [0.05, 0.1) is 18.1 Å². The number of hydrogen-bond acceptors (Lipinski definition) is 7. The molecule has 1 aliphatic rings. The fraction of sp³-hybridized carbons (Fsp3) is 0.235. The largest absolute Gasteiger partial charge is 0.383 e. The minimum atomic E-state index is 0.440. The third-order valence-corrected chi connectivity index (χ3v) is 4.68. The summed E-state index contributed by atoms with van der Waals surface area (Å²) >= 11 is 0. The molecule has 3 aromatic heterocycles. The van der Waals surface area contributed by atoms with Gasteiger partial charge >= 0.3 is 0 Å². The van der Waals surface area contributed by atoms with Crippen LogP contribution in [-0.4, -0.2) is 41.1 Å². The number of nitrogens with two attached hydrogens (primary N) is 1. The molecule has 0 unspecified atom stereocenters. The maximum Gasteiger partial charge on any atom is 0.229 e. The van der Waals surface area contributed by atoms with Gasteiger partial charge in [0.25, 0.3) is 0 Å². The summed E-state index contributed by atoms with van der Waals surface area (Å²) in [6.07, 6.45) is 1.69. The number of rotatable bonds is 2. The second kappa shape index (κ2) is 5.51. The number of aromatic nitrogens is 7. The fourth-order valence-corrected chi connectivity index (χ4v) is 3.30. The molecule has 0 aliphatic carbocycles. The Balaban J connectivity index is 1.50. The van der Waals surface area contributed by atoms with Crippen LogP contribution in [0.15, 0.2) is 36.5 Å². The van der Waals surface area contributed by atoms with Crippen LogP contribution in [0.4, 0.5) is 11.8 Å². The van der Waals surface area contributed by atoms with Crippen molar-refractivity contribution in [3.8, 4) is 11.4 Å². The predicted molar refractivity (Wildman–Crippen MR) is 97.2 cm³/mol. The Hall–Kier alpha value is -3.49. The van der Waals surface area contributed by atoms with Gasteiger partial charge in [0.2, 0.25) is 5.95 Å². The van der Waals surface area contributed by atoms with Crippen LogP contribution in [0, 0.1) is 0 Å². The van der Waals surface area contributed by atoms with Crippen molar-refractivity contribution in [1.29, 1.82) is 0 Å².